The average molecular weight is 419 g/mol. The van der Waals surface area contributed by atoms with Crippen molar-refractivity contribution in [2.75, 3.05) is 12.8 Å². The van der Waals surface area contributed by atoms with Crippen LogP contribution < -0.4 is 0 Å². The Kier molecular flexibility index (Phi) is 5.52. The molecule has 0 spiro atoms. The van der Waals surface area contributed by atoms with Gasteiger partial charge in [0.25, 0.3) is 0 Å². The Hall–Kier alpha value is -1.83. The normalized spacial score (nSPS) is 13.7. The summed E-state index contributed by atoms with van der Waals surface area (Å²) in [5.74, 6) is 1.85. The van der Waals surface area contributed by atoms with E-state index in [9.17, 15) is 4.79 Å². The van der Waals surface area contributed by atoms with Gasteiger partial charge in [-0.3, -0.25) is 4.79 Å². The summed E-state index contributed by atoms with van der Waals surface area (Å²) in [6, 6.07) is 13.8. The number of aromatic nitrogens is 3. The molecule has 0 N–H and O–H groups in total. The third-order valence-corrected chi connectivity index (χ3v) is 6.37. The smallest absolute Gasteiger partial charge is 0.233 e. The molecule has 0 radical (unpaired) electrons. The first-order valence-corrected chi connectivity index (χ1v) is 10.9. The SMILES string of the molecule is CN(Cc1ccc(Cl)s1)C(=O)CSc1nc(C2CC2)n(-c2ccccc2)n1. The van der Waals surface area contributed by atoms with Crippen molar-refractivity contribution in [3.8, 4) is 5.69 Å². The Bertz CT molecular complexity index is 936. The first kappa shape index (κ1) is 18.5. The van der Waals surface area contributed by atoms with Crippen LogP contribution in [0.5, 0.6) is 0 Å². The van der Waals surface area contributed by atoms with Gasteiger partial charge in [0, 0.05) is 17.8 Å². The number of amides is 1. The zero-order valence-corrected chi connectivity index (χ0v) is 17.2. The number of thioether (sulfide) groups is 1. The van der Waals surface area contributed by atoms with Crippen molar-refractivity contribution < 1.29 is 4.79 Å². The van der Waals surface area contributed by atoms with Crippen LogP contribution in [0.3, 0.4) is 0 Å². The molecular formula is C19H19ClN4OS2. The molecule has 27 heavy (non-hydrogen) atoms. The van der Waals surface area contributed by atoms with Crippen LogP contribution in [-0.2, 0) is 11.3 Å². The topological polar surface area (TPSA) is 51.0 Å². The highest BCUT2D eigenvalue weighted by Gasteiger charge is 2.30. The summed E-state index contributed by atoms with van der Waals surface area (Å²) in [5, 5.41) is 5.30. The van der Waals surface area contributed by atoms with Crippen LogP contribution in [-0.4, -0.2) is 38.4 Å². The fraction of sp³-hybridized carbons (Fsp3) is 0.316. The molecule has 3 aromatic rings. The number of hydrogen-bond acceptors (Lipinski definition) is 5. The molecule has 1 fully saturated rings. The van der Waals surface area contributed by atoms with E-state index in [0.29, 0.717) is 23.4 Å². The number of halogens is 1. The summed E-state index contributed by atoms with van der Waals surface area (Å²) >= 11 is 8.84. The lowest BCUT2D eigenvalue weighted by Crippen LogP contribution is -2.27. The van der Waals surface area contributed by atoms with E-state index in [0.717, 1.165) is 33.6 Å². The van der Waals surface area contributed by atoms with Gasteiger partial charge in [0.05, 0.1) is 22.3 Å². The zero-order valence-electron chi connectivity index (χ0n) is 14.8. The van der Waals surface area contributed by atoms with Crippen LogP contribution in [0.2, 0.25) is 4.34 Å². The van der Waals surface area contributed by atoms with Gasteiger partial charge >= 0.3 is 0 Å². The molecule has 0 bridgehead atoms. The number of thiophene rings is 1. The van der Waals surface area contributed by atoms with E-state index in [1.807, 2.05) is 54.2 Å². The molecule has 1 saturated carbocycles. The van der Waals surface area contributed by atoms with Crippen molar-refractivity contribution in [2.45, 2.75) is 30.5 Å². The summed E-state index contributed by atoms with van der Waals surface area (Å²) in [6.07, 6.45) is 2.31. The fourth-order valence-electron chi connectivity index (χ4n) is 2.73. The van der Waals surface area contributed by atoms with Gasteiger partial charge in [-0.25, -0.2) is 9.67 Å². The lowest BCUT2D eigenvalue weighted by molar-refractivity contribution is -0.127. The van der Waals surface area contributed by atoms with E-state index in [4.69, 9.17) is 16.6 Å². The minimum atomic E-state index is 0.0496. The average Bonchev–Trinajstić information content (AvgIpc) is 3.31. The van der Waals surface area contributed by atoms with E-state index in [1.54, 1.807) is 4.90 Å². The Labute approximate surface area is 171 Å². The Balaban J connectivity index is 1.41. The molecule has 1 aliphatic rings. The number of hydrogen-bond donors (Lipinski definition) is 0. The lowest BCUT2D eigenvalue weighted by atomic mass is 10.3. The third-order valence-electron chi connectivity index (χ3n) is 4.33. The first-order valence-electron chi connectivity index (χ1n) is 8.73. The van der Waals surface area contributed by atoms with E-state index in [-0.39, 0.29) is 5.91 Å². The van der Waals surface area contributed by atoms with Crippen LogP contribution in [0.15, 0.2) is 47.6 Å². The number of carbonyl (C=O) groups is 1. The number of para-hydroxylation sites is 1. The summed E-state index contributed by atoms with van der Waals surface area (Å²) < 4.78 is 2.66. The molecule has 4 rings (SSSR count). The molecule has 0 aliphatic heterocycles. The predicted molar refractivity (Wildman–Crippen MR) is 110 cm³/mol. The lowest BCUT2D eigenvalue weighted by Gasteiger charge is -2.15. The molecular weight excluding hydrogens is 400 g/mol. The Morgan fingerprint density at radius 1 is 1.30 bits per heavy atom. The number of carbonyl (C=O) groups excluding carboxylic acids is 1. The van der Waals surface area contributed by atoms with E-state index < -0.39 is 0 Å². The van der Waals surface area contributed by atoms with Crippen molar-refractivity contribution >= 4 is 40.6 Å². The maximum absolute atomic E-state index is 12.4. The largest absolute Gasteiger partial charge is 0.340 e. The number of rotatable bonds is 7. The quantitative estimate of drug-likeness (QED) is 0.526. The molecule has 0 saturated heterocycles. The first-order chi connectivity index (χ1) is 13.1. The minimum Gasteiger partial charge on any atom is -0.340 e. The molecule has 5 nitrogen and oxygen atoms in total. The van der Waals surface area contributed by atoms with Crippen LogP contribution in [0, 0.1) is 0 Å². The molecule has 1 aliphatic carbocycles. The van der Waals surface area contributed by atoms with Gasteiger partial charge in [-0.1, -0.05) is 41.6 Å². The third kappa shape index (κ3) is 4.54. The summed E-state index contributed by atoms with van der Waals surface area (Å²) in [7, 11) is 1.81. The standard InChI is InChI=1S/C19H19ClN4OS2/c1-23(11-15-9-10-16(20)27-15)17(25)12-26-19-21-18(13-7-8-13)24(22-19)14-5-3-2-4-6-14/h2-6,9-10,13H,7-8,11-12H2,1H3. The van der Waals surface area contributed by atoms with Gasteiger partial charge in [-0.05, 0) is 37.1 Å². The van der Waals surface area contributed by atoms with Crippen molar-refractivity contribution in [2.24, 2.45) is 0 Å². The summed E-state index contributed by atoms with van der Waals surface area (Å²) in [6.45, 7) is 0.565. The van der Waals surface area contributed by atoms with Gasteiger partial charge in [0.2, 0.25) is 11.1 Å². The van der Waals surface area contributed by atoms with Crippen LogP contribution in [0.1, 0.15) is 29.5 Å². The fourth-order valence-corrected chi connectivity index (χ4v) is 4.64. The van der Waals surface area contributed by atoms with Gasteiger partial charge < -0.3 is 4.90 Å². The summed E-state index contributed by atoms with van der Waals surface area (Å²) in [4.78, 5) is 19.9. The zero-order chi connectivity index (χ0) is 18.8. The number of benzene rings is 1. The highest BCUT2D eigenvalue weighted by atomic mass is 35.5. The predicted octanol–water partition coefficient (Wildman–Crippen LogP) is 4.61. The molecule has 0 atom stereocenters. The molecule has 140 valence electrons. The second-order valence-corrected chi connectivity index (χ2v) is 9.26. The Morgan fingerprint density at radius 3 is 2.74 bits per heavy atom. The molecule has 2 aromatic heterocycles. The van der Waals surface area contributed by atoms with Crippen LogP contribution >= 0.6 is 34.7 Å². The van der Waals surface area contributed by atoms with E-state index in [1.165, 1.54) is 23.1 Å². The van der Waals surface area contributed by atoms with Crippen molar-refractivity contribution in [1.82, 2.24) is 19.7 Å². The molecule has 1 amide bonds. The van der Waals surface area contributed by atoms with Crippen molar-refractivity contribution in [1.29, 1.82) is 0 Å². The van der Waals surface area contributed by atoms with Gasteiger partial charge in [-0.15, -0.1) is 16.4 Å². The number of nitrogens with zero attached hydrogens (tertiary/aromatic N) is 4. The second-order valence-electron chi connectivity index (χ2n) is 6.52. The van der Waals surface area contributed by atoms with E-state index >= 15 is 0 Å². The summed E-state index contributed by atoms with van der Waals surface area (Å²) in [5.41, 5.74) is 1.01. The van der Waals surface area contributed by atoms with Crippen LogP contribution in [0.25, 0.3) is 5.69 Å². The highest BCUT2D eigenvalue weighted by Crippen LogP contribution is 2.40. The molecule has 8 heteroatoms. The second kappa shape index (κ2) is 8.04. The van der Waals surface area contributed by atoms with Crippen LogP contribution in [0.4, 0.5) is 0 Å². The molecule has 1 aromatic carbocycles. The van der Waals surface area contributed by atoms with Gasteiger partial charge in [-0.2, -0.15) is 0 Å². The van der Waals surface area contributed by atoms with E-state index in [2.05, 4.69) is 5.10 Å². The van der Waals surface area contributed by atoms with Crippen molar-refractivity contribution in [3.63, 3.8) is 0 Å². The molecule has 2 heterocycles. The van der Waals surface area contributed by atoms with Gasteiger partial charge in [0.15, 0.2) is 0 Å². The maximum atomic E-state index is 12.4. The van der Waals surface area contributed by atoms with Crippen molar-refractivity contribution in [3.05, 3.63) is 57.5 Å². The monoisotopic (exact) mass is 418 g/mol. The highest BCUT2D eigenvalue weighted by molar-refractivity contribution is 7.99. The van der Waals surface area contributed by atoms with Gasteiger partial charge in [0.1, 0.15) is 5.82 Å². The minimum absolute atomic E-state index is 0.0496. The Morgan fingerprint density at radius 2 is 2.07 bits per heavy atom. The molecule has 0 unspecified atom stereocenters. The maximum Gasteiger partial charge on any atom is 0.233 e.